The maximum atomic E-state index is 10.3. The lowest BCUT2D eigenvalue weighted by molar-refractivity contribution is -0.671. The van der Waals surface area contributed by atoms with Crippen molar-refractivity contribution >= 4 is 22.8 Å². The first-order valence-electron chi connectivity index (χ1n) is 9.54. The van der Waals surface area contributed by atoms with Gasteiger partial charge < -0.3 is 32.3 Å². The quantitative estimate of drug-likeness (QED) is 0.226. The monoisotopic (exact) mass is 484 g/mol. The molecule has 4 aromatic rings. The van der Waals surface area contributed by atoms with Gasteiger partial charge in [-0.1, -0.05) is 18.2 Å². The zero-order valence-electron chi connectivity index (χ0n) is 17.1. The number of phenols is 1. The third kappa shape index (κ3) is 6.13. The van der Waals surface area contributed by atoms with E-state index in [0.29, 0.717) is 17.9 Å². The molecule has 31 heavy (non-hydrogen) atoms. The van der Waals surface area contributed by atoms with Crippen LogP contribution in [0.1, 0.15) is 12.0 Å². The Bertz CT molecular complexity index is 1160. The molecular formula is C23H25BrN4O3. The Morgan fingerprint density at radius 2 is 2.03 bits per heavy atom. The van der Waals surface area contributed by atoms with Crippen LogP contribution in [-0.4, -0.2) is 33.0 Å². The van der Waals surface area contributed by atoms with Crippen molar-refractivity contribution in [2.45, 2.75) is 13.0 Å². The van der Waals surface area contributed by atoms with Crippen LogP contribution < -0.4 is 26.3 Å². The molecule has 2 aromatic carbocycles. The number of aromatic nitrogens is 3. The van der Waals surface area contributed by atoms with Crippen LogP contribution in [0.5, 0.6) is 11.5 Å². The van der Waals surface area contributed by atoms with Gasteiger partial charge in [0, 0.05) is 35.8 Å². The van der Waals surface area contributed by atoms with E-state index < -0.39 is 0 Å². The van der Waals surface area contributed by atoms with Crippen molar-refractivity contribution in [3.8, 4) is 11.5 Å². The van der Waals surface area contributed by atoms with E-state index in [0.717, 1.165) is 29.6 Å². The van der Waals surface area contributed by atoms with Gasteiger partial charge in [0.05, 0.1) is 31.4 Å². The van der Waals surface area contributed by atoms with Gasteiger partial charge in [0.15, 0.2) is 0 Å². The number of benzene rings is 2. The number of hydrogen-bond donors (Lipinski definition) is 1. The maximum Gasteiger partial charge on any atom is 0.243 e. The average Bonchev–Trinajstić information content (AvgIpc) is 3.15. The minimum atomic E-state index is 0. The summed E-state index contributed by atoms with van der Waals surface area (Å²) >= 11 is 0. The molecule has 2 heterocycles. The molecule has 0 aliphatic carbocycles. The second-order valence-corrected chi connectivity index (χ2v) is 6.85. The molecule has 0 aliphatic rings. The smallest absolute Gasteiger partial charge is 0.243 e. The molecule has 0 saturated carbocycles. The highest BCUT2D eigenvalue weighted by Gasteiger charge is 2.04. The standard InChI is InChI=1S/C23H22N4O2.BrH.H2O/c1-26-12-13-27(17-26)11-4-14-29-20-9-8-19(22(28)15-20)16-25-21-7-2-5-18-6-3-10-24-23(18)21;;/h2-3,5-10,12-13,15-17H,4,11,14H2,1H3;1H;1H2. The Kier molecular flexibility index (Phi) is 8.72. The maximum absolute atomic E-state index is 10.3. The van der Waals surface area contributed by atoms with Crippen molar-refractivity contribution in [2.75, 3.05) is 6.61 Å². The average molecular weight is 485 g/mol. The molecule has 7 nitrogen and oxygen atoms in total. The summed E-state index contributed by atoms with van der Waals surface area (Å²) in [5.41, 5.74) is 2.23. The van der Waals surface area contributed by atoms with Crippen LogP contribution in [0.25, 0.3) is 10.9 Å². The molecule has 0 unspecified atom stereocenters. The lowest BCUT2D eigenvalue weighted by atomic mass is 10.2. The van der Waals surface area contributed by atoms with Crippen LogP contribution in [0.2, 0.25) is 0 Å². The summed E-state index contributed by atoms with van der Waals surface area (Å²) in [5, 5.41) is 11.4. The normalized spacial score (nSPS) is 10.6. The van der Waals surface area contributed by atoms with Crippen molar-refractivity contribution in [2.24, 2.45) is 12.0 Å². The number of aliphatic imine (C=N–C) groups is 1. The van der Waals surface area contributed by atoms with E-state index in [2.05, 4.69) is 14.5 Å². The van der Waals surface area contributed by atoms with Gasteiger partial charge in [-0.25, -0.2) is 9.13 Å². The summed E-state index contributed by atoms with van der Waals surface area (Å²) in [6.07, 6.45) is 10.4. The van der Waals surface area contributed by atoms with Crippen molar-refractivity contribution in [1.82, 2.24) is 9.55 Å². The predicted molar refractivity (Wildman–Crippen MR) is 116 cm³/mol. The first-order valence-corrected chi connectivity index (χ1v) is 9.54. The van der Waals surface area contributed by atoms with Crippen molar-refractivity contribution in [1.29, 1.82) is 0 Å². The van der Waals surface area contributed by atoms with E-state index in [9.17, 15) is 5.11 Å². The number of aromatic hydroxyl groups is 1. The van der Waals surface area contributed by atoms with Gasteiger partial charge in [-0.3, -0.25) is 9.98 Å². The number of fused-ring (bicyclic) bond motifs is 1. The molecule has 0 fully saturated rings. The number of phenolic OH excluding ortho intramolecular Hbond substituents is 1. The van der Waals surface area contributed by atoms with Crippen molar-refractivity contribution in [3.63, 3.8) is 0 Å². The van der Waals surface area contributed by atoms with E-state index in [1.165, 1.54) is 0 Å². The van der Waals surface area contributed by atoms with Gasteiger partial charge in [-0.2, -0.15) is 0 Å². The van der Waals surface area contributed by atoms with E-state index in [4.69, 9.17) is 4.74 Å². The number of halogens is 1. The van der Waals surface area contributed by atoms with Crippen molar-refractivity contribution in [3.05, 3.63) is 79.0 Å². The highest BCUT2D eigenvalue weighted by atomic mass is 79.9. The van der Waals surface area contributed by atoms with Crippen LogP contribution in [0.3, 0.4) is 0 Å². The molecule has 0 bridgehead atoms. The van der Waals surface area contributed by atoms with E-state index in [1.807, 2.05) is 66.7 Å². The van der Waals surface area contributed by atoms with Gasteiger partial charge in [0.1, 0.15) is 23.9 Å². The molecule has 0 saturated heterocycles. The SMILES string of the molecule is C[n+]1ccn(CCCOc2ccc(C=Nc3cccc4cccnc34)c(O)c2)c1.O.[Br-]. The van der Waals surface area contributed by atoms with Gasteiger partial charge in [-0.15, -0.1) is 0 Å². The highest BCUT2D eigenvalue weighted by Crippen LogP contribution is 2.26. The van der Waals surface area contributed by atoms with Gasteiger partial charge in [0.25, 0.3) is 0 Å². The molecule has 8 heteroatoms. The Labute approximate surface area is 191 Å². The molecular weight excluding hydrogens is 460 g/mol. The lowest BCUT2D eigenvalue weighted by Crippen LogP contribution is -3.00. The number of imidazole rings is 1. The van der Waals surface area contributed by atoms with Crippen molar-refractivity contribution < 1.29 is 36.9 Å². The molecule has 4 rings (SSSR count). The Hall–Kier alpha value is -3.23. The predicted octanol–water partition coefficient (Wildman–Crippen LogP) is -0.0346. The molecule has 2 aromatic heterocycles. The number of hydrogen-bond acceptors (Lipinski definition) is 4. The fourth-order valence-electron chi connectivity index (χ4n) is 3.12. The molecule has 0 aliphatic heterocycles. The number of ether oxygens (including phenoxy) is 1. The van der Waals surface area contributed by atoms with Crippen LogP contribution in [0.4, 0.5) is 5.69 Å². The number of para-hydroxylation sites is 1. The van der Waals surface area contributed by atoms with Crippen LogP contribution in [0, 0.1) is 0 Å². The largest absolute Gasteiger partial charge is 1.00 e. The van der Waals surface area contributed by atoms with Crippen LogP contribution in [-0.2, 0) is 13.6 Å². The first kappa shape index (κ1) is 24.0. The van der Waals surface area contributed by atoms with E-state index >= 15 is 0 Å². The summed E-state index contributed by atoms with van der Waals surface area (Å²) < 4.78 is 9.88. The Morgan fingerprint density at radius 3 is 2.81 bits per heavy atom. The number of pyridine rings is 1. The fraction of sp³-hybridized carbons (Fsp3) is 0.174. The summed E-state index contributed by atoms with van der Waals surface area (Å²) in [6.45, 7) is 1.47. The molecule has 0 atom stereocenters. The second-order valence-electron chi connectivity index (χ2n) is 6.85. The zero-order chi connectivity index (χ0) is 20.1. The second kappa shape index (κ2) is 11.2. The van der Waals surface area contributed by atoms with Gasteiger partial charge >= 0.3 is 0 Å². The minimum Gasteiger partial charge on any atom is -1.00 e. The highest BCUT2D eigenvalue weighted by molar-refractivity contribution is 5.93. The summed E-state index contributed by atoms with van der Waals surface area (Å²) in [5.74, 6) is 0.779. The topological polar surface area (TPSA) is 95.0 Å². The molecule has 162 valence electrons. The fourth-order valence-corrected chi connectivity index (χ4v) is 3.12. The molecule has 3 N–H and O–H groups in total. The zero-order valence-corrected chi connectivity index (χ0v) is 18.7. The van der Waals surface area contributed by atoms with Gasteiger partial charge in [-0.05, 0) is 24.3 Å². The summed E-state index contributed by atoms with van der Waals surface area (Å²) in [6, 6.07) is 15.0. The molecule has 0 spiro atoms. The molecule has 0 amide bonds. The number of aryl methyl sites for hydroxylation is 2. The van der Waals surface area contributed by atoms with E-state index in [-0.39, 0.29) is 28.2 Å². The van der Waals surface area contributed by atoms with Crippen LogP contribution >= 0.6 is 0 Å². The summed E-state index contributed by atoms with van der Waals surface area (Å²) in [7, 11) is 2.00. The van der Waals surface area contributed by atoms with E-state index in [1.54, 1.807) is 24.5 Å². The lowest BCUT2D eigenvalue weighted by Gasteiger charge is -2.07. The third-order valence-corrected chi connectivity index (χ3v) is 4.61. The van der Waals surface area contributed by atoms with Gasteiger partial charge in [0.2, 0.25) is 6.33 Å². The number of rotatable bonds is 7. The first-order chi connectivity index (χ1) is 14.2. The molecule has 0 radical (unpaired) electrons. The third-order valence-electron chi connectivity index (χ3n) is 4.61. The summed E-state index contributed by atoms with van der Waals surface area (Å²) in [4.78, 5) is 8.91. The Balaban J connectivity index is 0.00000171. The minimum absolute atomic E-state index is 0. The Morgan fingerprint density at radius 1 is 1.19 bits per heavy atom. The number of nitrogens with zero attached hydrogens (tertiary/aromatic N) is 4. The van der Waals surface area contributed by atoms with Crippen LogP contribution in [0.15, 0.2) is 78.4 Å².